The third-order valence-corrected chi connectivity index (χ3v) is 7.26. The smallest absolute Gasteiger partial charge is 0.138 e. The van der Waals surface area contributed by atoms with Crippen LogP contribution in [0.3, 0.4) is 0 Å². The third-order valence-electron chi connectivity index (χ3n) is 4.36. The van der Waals surface area contributed by atoms with Crippen LogP contribution < -0.4 is 0 Å². The van der Waals surface area contributed by atoms with E-state index in [9.17, 15) is 8.42 Å². The first-order valence-corrected chi connectivity index (χ1v) is 11.4. The molecule has 2 heterocycles. The molecule has 26 heavy (non-hydrogen) atoms. The summed E-state index contributed by atoms with van der Waals surface area (Å²) in [4.78, 5) is 0. The van der Waals surface area contributed by atoms with E-state index in [2.05, 4.69) is 31.1 Å². The molecule has 0 radical (unpaired) electrons. The number of nitrogens with zero attached hydrogens (tertiary/aromatic N) is 8. The van der Waals surface area contributed by atoms with Gasteiger partial charge in [0.05, 0.1) is 11.1 Å². The summed E-state index contributed by atoms with van der Waals surface area (Å²) in [5, 5.41) is 22.3. The first kappa shape index (κ1) is 20.7. The van der Waals surface area contributed by atoms with Gasteiger partial charge in [-0.05, 0) is 61.4 Å². The standard InChI is InChI=1S/C14H26N8O2S2/c1-13(2,21-11-15-17-19-21)5-7-25(23)9-10-26(24)8-6-14(3,4)22-12-16-18-20-22/h11-12H,5-10H2,1-4H3. The summed E-state index contributed by atoms with van der Waals surface area (Å²) in [5.41, 5.74) is -0.595. The highest BCUT2D eigenvalue weighted by Crippen LogP contribution is 2.19. The van der Waals surface area contributed by atoms with Crippen molar-refractivity contribution in [3.63, 3.8) is 0 Å². The Balaban J connectivity index is 1.69. The normalized spacial score (nSPS) is 15.1. The highest BCUT2D eigenvalue weighted by molar-refractivity contribution is 7.88. The molecule has 0 N–H and O–H groups in total. The molecule has 12 heteroatoms. The molecule has 146 valence electrons. The summed E-state index contributed by atoms with van der Waals surface area (Å²) in [7, 11) is -2.03. The van der Waals surface area contributed by atoms with Crippen molar-refractivity contribution < 1.29 is 8.42 Å². The Bertz CT molecular complexity index is 653. The van der Waals surface area contributed by atoms with E-state index in [4.69, 9.17) is 0 Å². The van der Waals surface area contributed by atoms with Crippen LogP contribution in [0.2, 0.25) is 0 Å². The van der Waals surface area contributed by atoms with Gasteiger partial charge in [-0.2, -0.15) is 0 Å². The van der Waals surface area contributed by atoms with Crippen LogP contribution in [0.4, 0.5) is 0 Å². The monoisotopic (exact) mass is 402 g/mol. The lowest BCUT2D eigenvalue weighted by Crippen LogP contribution is -2.30. The molecule has 2 aromatic rings. The molecule has 0 bridgehead atoms. The number of rotatable bonds is 11. The SMILES string of the molecule is CC(C)(CCS(=O)CCS(=O)CCC(C)(C)n1cnnn1)n1cnnn1. The van der Waals surface area contributed by atoms with Gasteiger partial charge in [-0.1, -0.05) is 0 Å². The van der Waals surface area contributed by atoms with Gasteiger partial charge >= 0.3 is 0 Å². The molecule has 0 spiro atoms. The Labute approximate surface area is 158 Å². The van der Waals surface area contributed by atoms with Crippen LogP contribution in [0, 0.1) is 0 Å². The van der Waals surface area contributed by atoms with Gasteiger partial charge in [-0.3, -0.25) is 8.42 Å². The molecule has 2 aromatic heterocycles. The maximum Gasteiger partial charge on any atom is 0.138 e. The van der Waals surface area contributed by atoms with Gasteiger partial charge in [-0.25, -0.2) is 9.36 Å². The molecule has 0 aromatic carbocycles. The van der Waals surface area contributed by atoms with Gasteiger partial charge in [0.25, 0.3) is 0 Å². The summed E-state index contributed by atoms with van der Waals surface area (Å²) >= 11 is 0. The molecule has 0 fully saturated rings. The molecule has 0 amide bonds. The predicted molar refractivity (Wildman–Crippen MR) is 99.3 cm³/mol. The Morgan fingerprint density at radius 1 is 0.731 bits per heavy atom. The fourth-order valence-electron chi connectivity index (χ4n) is 2.22. The molecular weight excluding hydrogens is 376 g/mol. The number of hydrogen-bond donors (Lipinski definition) is 0. The molecule has 0 aliphatic heterocycles. The van der Waals surface area contributed by atoms with Crippen LogP contribution in [-0.4, -0.2) is 71.8 Å². The molecule has 0 saturated heterocycles. The number of aromatic nitrogens is 8. The predicted octanol–water partition coefficient (Wildman–Crippen LogP) is 0.108. The van der Waals surface area contributed by atoms with Gasteiger partial charge in [0.2, 0.25) is 0 Å². The zero-order chi connectivity index (χ0) is 19.2. The van der Waals surface area contributed by atoms with E-state index in [-0.39, 0.29) is 11.1 Å². The highest BCUT2D eigenvalue weighted by atomic mass is 32.2. The van der Waals surface area contributed by atoms with Gasteiger partial charge < -0.3 is 0 Å². The Hall–Kier alpha value is -1.56. The fourth-order valence-corrected chi connectivity index (χ4v) is 5.57. The second-order valence-corrected chi connectivity index (χ2v) is 10.7. The average Bonchev–Trinajstić information content (AvgIpc) is 3.30. The average molecular weight is 403 g/mol. The van der Waals surface area contributed by atoms with Crippen molar-refractivity contribution in [2.24, 2.45) is 0 Å². The number of tetrazole rings is 2. The maximum atomic E-state index is 12.2. The van der Waals surface area contributed by atoms with Crippen LogP contribution in [0.25, 0.3) is 0 Å². The largest absolute Gasteiger partial charge is 0.260 e. The molecule has 10 nitrogen and oxygen atoms in total. The first-order chi connectivity index (χ1) is 12.2. The van der Waals surface area contributed by atoms with Crippen molar-refractivity contribution in [2.45, 2.75) is 51.6 Å². The zero-order valence-electron chi connectivity index (χ0n) is 15.6. The van der Waals surface area contributed by atoms with Crippen LogP contribution in [0.15, 0.2) is 12.7 Å². The topological polar surface area (TPSA) is 121 Å². The van der Waals surface area contributed by atoms with Crippen molar-refractivity contribution in [3.05, 3.63) is 12.7 Å². The van der Waals surface area contributed by atoms with Gasteiger partial charge in [-0.15, -0.1) is 10.2 Å². The Morgan fingerprint density at radius 3 is 1.42 bits per heavy atom. The lowest BCUT2D eigenvalue weighted by atomic mass is 10.0. The van der Waals surface area contributed by atoms with Crippen molar-refractivity contribution >= 4 is 21.6 Å². The van der Waals surface area contributed by atoms with E-state index in [1.807, 2.05) is 27.7 Å². The van der Waals surface area contributed by atoms with Gasteiger partial charge in [0.15, 0.2) is 0 Å². The lowest BCUT2D eigenvalue weighted by molar-refractivity contribution is 0.302. The van der Waals surface area contributed by atoms with E-state index < -0.39 is 21.6 Å². The van der Waals surface area contributed by atoms with Gasteiger partial charge in [0, 0.05) is 44.6 Å². The summed E-state index contributed by atoms with van der Waals surface area (Å²) in [6, 6.07) is 0. The molecule has 0 saturated carbocycles. The highest BCUT2D eigenvalue weighted by Gasteiger charge is 2.24. The van der Waals surface area contributed by atoms with Crippen LogP contribution >= 0.6 is 0 Å². The first-order valence-electron chi connectivity index (χ1n) is 8.38. The van der Waals surface area contributed by atoms with E-state index in [0.29, 0.717) is 35.9 Å². The maximum absolute atomic E-state index is 12.2. The van der Waals surface area contributed by atoms with E-state index in [0.717, 1.165) is 0 Å². The van der Waals surface area contributed by atoms with Crippen LogP contribution in [-0.2, 0) is 32.7 Å². The second-order valence-electron chi connectivity index (χ2n) is 7.33. The lowest BCUT2D eigenvalue weighted by Gasteiger charge is -2.24. The Kier molecular flexibility index (Phi) is 7.09. The van der Waals surface area contributed by atoms with Crippen molar-refractivity contribution in [3.8, 4) is 0 Å². The zero-order valence-corrected chi connectivity index (χ0v) is 17.2. The molecule has 0 aliphatic rings. The summed E-state index contributed by atoms with van der Waals surface area (Å²) in [6.45, 7) is 8.00. The minimum absolute atomic E-state index is 0.297. The van der Waals surface area contributed by atoms with Crippen LogP contribution in [0.5, 0.6) is 0 Å². The fraction of sp³-hybridized carbons (Fsp3) is 0.857. The molecule has 0 aliphatic carbocycles. The molecule has 2 atom stereocenters. The van der Waals surface area contributed by atoms with Crippen molar-refractivity contribution in [1.29, 1.82) is 0 Å². The summed E-state index contributed by atoms with van der Waals surface area (Å²) in [5.74, 6) is 1.92. The van der Waals surface area contributed by atoms with Crippen LogP contribution in [0.1, 0.15) is 40.5 Å². The quantitative estimate of drug-likeness (QED) is 0.519. The second kappa shape index (κ2) is 8.89. The Morgan fingerprint density at radius 2 is 1.12 bits per heavy atom. The summed E-state index contributed by atoms with van der Waals surface area (Å²) < 4.78 is 27.8. The minimum atomic E-state index is -1.02. The van der Waals surface area contributed by atoms with E-state index >= 15 is 0 Å². The molecule has 2 unspecified atom stereocenters. The van der Waals surface area contributed by atoms with Crippen molar-refractivity contribution in [2.75, 3.05) is 23.0 Å². The number of hydrogen-bond acceptors (Lipinski definition) is 8. The van der Waals surface area contributed by atoms with Gasteiger partial charge in [0.1, 0.15) is 12.7 Å². The molecule has 2 rings (SSSR count). The third kappa shape index (κ3) is 6.01. The van der Waals surface area contributed by atoms with E-state index in [1.54, 1.807) is 22.0 Å². The van der Waals surface area contributed by atoms with E-state index in [1.165, 1.54) is 0 Å². The molecular formula is C14H26N8O2S2. The summed E-state index contributed by atoms with van der Waals surface area (Å²) in [6.07, 6.45) is 4.49. The van der Waals surface area contributed by atoms with Crippen molar-refractivity contribution in [1.82, 2.24) is 40.4 Å². The minimum Gasteiger partial charge on any atom is -0.260 e.